The molecule has 0 fully saturated rings. The second kappa shape index (κ2) is 5.85. The van der Waals surface area contributed by atoms with Gasteiger partial charge < -0.3 is 9.84 Å². The summed E-state index contributed by atoms with van der Waals surface area (Å²) in [6.45, 7) is -0.405. The standard InChI is InChI=1S/C13H9ClFNO4/c14-10-6-9(16(18)19)4-5-12(10)20-13-8(7-17)2-1-3-11(13)15/h1-6,17H,7H2. The molecule has 0 aliphatic rings. The minimum Gasteiger partial charge on any atom is -0.452 e. The summed E-state index contributed by atoms with van der Waals surface area (Å²) in [6.07, 6.45) is 0. The Morgan fingerprint density at radius 3 is 2.70 bits per heavy atom. The Morgan fingerprint density at radius 2 is 2.10 bits per heavy atom. The zero-order valence-electron chi connectivity index (χ0n) is 10.0. The first kappa shape index (κ1) is 14.2. The smallest absolute Gasteiger partial charge is 0.271 e. The predicted molar refractivity (Wildman–Crippen MR) is 70.5 cm³/mol. The Labute approximate surface area is 118 Å². The van der Waals surface area contributed by atoms with E-state index in [1.54, 1.807) is 0 Å². The largest absolute Gasteiger partial charge is 0.452 e. The summed E-state index contributed by atoms with van der Waals surface area (Å²) in [5.74, 6) is -0.756. The Balaban J connectivity index is 2.38. The van der Waals surface area contributed by atoms with Crippen LogP contribution in [0.4, 0.5) is 10.1 Å². The fourth-order valence-electron chi connectivity index (χ4n) is 1.59. The van der Waals surface area contributed by atoms with Crippen LogP contribution in [0.5, 0.6) is 11.5 Å². The number of aliphatic hydroxyl groups is 1. The van der Waals surface area contributed by atoms with Gasteiger partial charge in [0.15, 0.2) is 11.6 Å². The lowest BCUT2D eigenvalue weighted by Gasteiger charge is -2.11. The molecule has 1 N–H and O–H groups in total. The molecule has 20 heavy (non-hydrogen) atoms. The van der Waals surface area contributed by atoms with Crippen molar-refractivity contribution >= 4 is 17.3 Å². The Kier molecular flexibility index (Phi) is 4.16. The monoisotopic (exact) mass is 297 g/mol. The van der Waals surface area contributed by atoms with E-state index < -0.39 is 17.3 Å². The maximum Gasteiger partial charge on any atom is 0.271 e. The van der Waals surface area contributed by atoms with Crippen LogP contribution in [0.25, 0.3) is 0 Å². The first-order chi connectivity index (χ1) is 9.52. The number of aliphatic hydroxyl groups excluding tert-OH is 1. The number of nitro benzene ring substituents is 1. The third-order valence-electron chi connectivity index (χ3n) is 2.56. The zero-order chi connectivity index (χ0) is 14.7. The van der Waals surface area contributed by atoms with Crippen molar-refractivity contribution in [3.63, 3.8) is 0 Å². The molecule has 2 rings (SSSR count). The molecule has 7 heteroatoms. The molecule has 5 nitrogen and oxygen atoms in total. The molecule has 0 aliphatic carbocycles. The summed E-state index contributed by atoms with van der Waals surface area (Å²) in [6, 6.07) is 7.68. The molecule has 0 bridgehead atoms. The molecule has 104 valence electrons. The van der Waals surface area contributed by atoms with Gasteiger partial charge in [-0.15, -0.1) is 0 Å². The summed E-state index contributed by atoms with van der Waals surface area (Å²) in [5.41, 5.74) is 0.0534. The lowest BCUT2D eigenvalue weighted by atomic mass is 10.2. The van der Waals surface area contributed by atoms with Crippen LogP contribution < -0.4 is 4.74 Å². The van der Waals surface area contributed by atoms with Gasteiger partial charge in [0.05, 0.1) is 16.6 Å². The van der Waals surface area contributed by atoms with Gasteiger partial charge in [0, 0.05) is 17.7 Å². The number of nitrogens with zero attached hydrogens (tertiary/aromatic N) is 1. The van der Waals surface area contributed by atoms with E-state index in [9.17, 15) is 14.5 Å². The van der Waals surface area contributed by atoms with E-state index in [1.165, 1.54) is 30.3 Å². The average molecular weight is 298 g/mol. The summed E-state index contributed by atoms with van der Waals surface area (Å²) < 4.78 is 19.0. The summed E-state index contributed by atoms with van der Waals surface area (Å²) >= 11 is 5.86. The molecule has 0 spiro atoms. The van der Waals surface area contributed by atoms with Gasteiger partial charge in [-0.3, -0.25) is 10.1 Å². The van der Waals surface area contributed by atoms with Crippen molar-refractivity contribution in [3.05, 3.63) is 62.9 Å². The van der Waals surface area contributed by atoms with Crippen LogP contribution in [0.15, 0.2) is 36.4 Å². The third-order valence-corrected chi connectivity index (χ3v) is 2.85. The van der Waals surface area contributed by atoms with Crippen molar-refractivity contribution < 1.29 is 19.2 Å². The molecule has 0 heterocycles. The number of nitro groups is 1. The van der Waals surface area contributed by atoms with Gasteiger partial charge in [-0.05, 0) is 12.1 Å². The summed E-state index contributed by atoms with van der Waals surface area (Å²) in [7, 11) is 0. The van der Waals surface area contributed by atoms with E-state index in [0.717, 1.165) is 6.07 Å². The van der Waals surface area contributed by atoms with E-state index in [2.05, 4.69) is 0 Å². The van der Waals surface area contributed by atoms with Crippen molar-refractivity contribution in [3.8, 4) is 11.5 Å². The lowest BCUT2D eigenvalue weighted by molar-refractivity contribution is -0.384. The van der Waals surface area contributed by atoms with Gasteiger partial charge in [0.25, 0.3) is 5.69 Å². The molecule has 0 radical (unpaired) electrons. The number of hydrogen-bond donors (Lipinski definition) is 1. The van der Waals surface area contributed by atoms with E-state index in [4.69, 9.17) is 21.4 Å². The highest BCUT2D eigenvalue weighted by Crippen LogP contribution is 2.35. The van der Waals surface area contributed by atoms with Gasteiger partial charge in [-0.2, -0.15) is 0 Å². The molecule has 0 atom stereocenters. The highest BCUT2D eigenvalue weighted by Gasteiger charge is 2.15. The van der Waals surface area contributed by atoms with Gasteiger partial charge in [0.2, 0.25) is 0 Å². The molecule has 0 amide bonds. The SMILES string of the molecule is O=[N+]([O-])c1ccc(Oc2c(F)cccc2CO)c(Cl)c1. The number of rotatable bonds is 4. The van der Waals surface area contributed by atoms with Crippen LogP contribution in [0.1, 0.15) is 5.56 Å². The van der Waals surface area contributed by atoms with Crippen LogP contribution >= 0.6 is 11.6 Å². The highest BCUT2D eigenvalue weighted by molar-refractivity contribution is 6.32. The van der Waals surface area contributed by atoms with E-state index in [0.29, 0.717) is 0 Å². The van der Waals surface area contributed by atoms with Gasteiger partial charge >= 0.3 is 0 Å². The minimum atomic E-state index is -0.661. The first-order valence-electron chi connectivity index (χ1n) is 5.53. The van der Waals surface area contributed by atoms with Gasteiger partial charge in [0.1, 0.15) is 5.75 Å². The summed E-state index contributed by atoms with van der Waals surface area (Å²) in [5, 5.41) is 19.7. The Morgan fingerprint density at radius 1 is 1.35 bits per heavy atom. The molecule has 0 saturated carbocycles. The lowest BCUT2D eigenvalue weighted by Crippen LogP contribution is -1.96. The predicted octanol–water partition coefficient (Wildman–Crippen LogP) is 3.67. The number of benzene rings is 2. The number of non-ortho nitro benzene ring substituents is 1. The maximum atomic E-state index is 13.7. The second-order valence-corrected chi connectivity index (χ2v) is 4.27. The molecule has 0 aromatic heterocycles. The number of halogens is 2. The molecule has 0 unspecified atom stereocenters. The molecule has 2 aromatic rings. The minimum absolute atomic E-state index is 0.0219. The van der Waals surface area contributed by atoms with E-state index >= 15 is 0 Å². The zero-order valence-corrected chi connectivity index (χ0v) is 10.8. The number of ether oxygens (including phenoxy) is 1. The first-order valence-corrected chi connectivity index (χ1v) is 5.90. The average Bonchev–Trinajstić information content (AvgIpc) is 2.42. The molecule has 2 aromatic carbocycles. The third kappa shape index (κ3) is 2.87. The van der Waals surface area contributed by atoms with Gasteiger partial charge in [-0.25, -0.2) is 4.39 Å². The van der Waals surface area contributed by atoms with Crippen LogP contribution in [-0.2, 0) is 6.61 Å². The Hall–Kier alpha value is -2.18. The van der Waals surface area contributed by atoms with Crippen molar-refractivity contribution in [2.45, 2.75) is 6.61 Å². The fraction of sp³-hybridized carbons (Fsp3) is 0.0769. The van der Waals surface area contributed by atoms with Crippen LogP contribution in [0.3, 0.4) is 0 Å². The fourth-order valence-corrected chi connectivity index (χ4v) is 1.80. The van der Waals surface area contributed by atoms with Crippen LogP contribution in [0.2, 0.25) is 5.02 Å². The second-order valence-electron chi connectivity index (χ2n) is 3.86. The van der Waals surface area contributed by atoms with Crippen molar-refractivity contribution in [1.29, 1.82) is 0 Å². The Bertz CT molecular complexity index is 663. The number of para-hydroxylation sites is 1. The van der Waals surface area contributed by atoms with Crippen LogP contribution in [-0.4, -0.2) is 10.0 Å². The number of hydrogen-bond acceptors (Lipinski definition) is 4. The summed E-state index contributed by atoms with van der Waals surface area (Å²) in [4.78, 5) is 9.99. The van der Waals surface area contributed by atoms with E-state index in [-0.39, 0.29) is 27.8 Å². The van der Waals surface area contributed by atoms with Crippen LogP contribution in [0, 0.1) is 15.9 Å². The van der Waals surface area contributed by atoms with Crippen molar-refractivity contribution in [2.75, 3.05) is 0 Å². The molecule has 0 aliphatic heterocycles. The van der Waals surface area contributed by atoms with Crippen molar-refractivity contribution in [1.82, 2.24) is 0 Å². The normalized spacial score (nSPS) is 10.3. The quantitative estimate of drug-likeness (QED) is 0.690. The van der Waals surface area contributed by atoms with Gasteiger partial charge in [-0.1, -0.05) is 23.7 Å². The van der Waals surface area contributed by atoms with E-state index in [1.807, 2.05) is 0 Å². The van der Waals surface area contributed by atoms with Crippen molar-refractivity contribution in [2.24, 2.45) is 0 Å². The maximum absolute atomic E-state index is 13.7. The molecule has 0 saturated heterocycles. The molecular weight excluding hydrogens is 289 g/mol. The topological polar surface area (TPSA) is 72.6 Å². The highest BCUT2D eigenvalue weighted by atomic mass is 35.5. The molecular formula is C13H9ClFNO4.